The number of hydrogen-bond donors (Lipinski definition) is 2. The molecule has 2 fully saturated rings. The summed E-state index contributed by atoms with van der Waals surface area (Å²) in [5.74, 6) is 0.0805. The Balaban J connectivity index is 1.82. The molecule has 0 spiro atoms. The number of ether oxygens (including phenoxy) is 1. The Kier molecular flexibility index (Phi) is 5.37. The summed E-state index contributed by atoms with van der Waals surface area (Å²) >= 11 is 0. The number of rotatable bonds is 4. The first kappa shape index (κ1) is 13.7. The zero-order chi connectivity index (χ0) is 12.8. The van der Waals surface area contributed by atoms with Gasteiger partial charge in [0.05, 0.1) is 13.2 Å². The van der Waals surface area contributed by atoms with Crippen LogP contribution < -0.4 is 11.1 Å². The Morgan fingerprint density at radius 1 is 1.28 bits per heavy atom. The fourth-order valence-corrected chi connectivity index (χ4v) is 2.55. The number of amides is 1. The van der Waals surface area contributed by atoms with Crippen molar-refractivity contribution in [1.29, 1.82) is 0 Å². The molecule has 2 aliphatic heterocycles. The van der Waals surface area contributed by atoms with Crippen molar-refractivity contribution in [3.63, 3.8) is 0 Å². The van der Waals surface area contributed by atoms with Crippen molar-refractivity contribution >= 4 is 5.91 Å². The van der Waals surface area contributed by atoms with Crippen molar-refractivity contribution in [1.82, 2.24) is 15.1 Å². The third-order valence-electron chi connectivity index (χ3n) is 3.70. The quantitative estimate of drug-likeness (QED) is 0.638. The summed E-state index contributed by atoms with van der Waals surface area (Å²) in [4.78, 5) is 16.4. The molecule has 0 saturated carbocycles. The molecule has 1 amide bonds. The Morgan fingerprint density at radius 2 is 2.06 bits per heavy atom. The molecular formula is C12H24N4O2. The number of nitrogens with one attached hydrogen (secondary N) is 1. The SMILES string of the molecule is NCC1C(=O)NCCCN1CCN1CCOCC1. The van der Waals surface area contributed by atoms with Crippen molar-refractivity contribution < 1.29 is 9.53 Å². The first-order valence-electron chi connectivity index (χ1n) is 6.83. The van der Waals surface area contributed by atoms with Crippen molar-refractivity contribution in [2.75, 3.05) is 59.0 Å². The third-order valence-corrected chi connectivity index (χ3v) is 3.70. The molecule has 2 saturated heterocycles. The van der Waals surface area contributed by atoms with Gasteiger partial charge in [0.15, 0.2) is 0 Å². The van der Waals surface area contributed by atoms with E-state index >= 15 is 0 Å². The lowest BCUT2D eigenvalue weighted by atomic mass is 10.2. The topological polar surface area (TPSA) is 70.8 Å². The predicted octanol–water partition coefficient (Wildman–Crippen LogP) is -1.53. The zero-order valence-electron chi connectivity index (χ0n) is 10.9. The smallest absolute Gasteiger partial charge is 0.238 e. The van der Waals surface area contributed by atoms with E-state index in [2.05, 4.69) is 15.1 Å². The number of hydrogen-bond acceptors (Lipinski definition) is 5. The molecule has 1 unspecified atom stereocenters. The van der Waals surface area contributed by atoms with Crippen LogP contribution in [0.25, 0.3) is 0 Å². The lowest BCUT2D eigenvalue weighted by Crippen LogP contribution is -2.51. The largest absolute Gasteiger partial charge is 0.379 e. The second-order valence-electron chi connectivity index (χ2n) is 4.89. The van der Waals surface area contributed by atoms with E-state index in [4.69, 9.17) is 10.5 Å². The molecule has 3 N–H and O–H groups in total. The lowest BCUT2D eigenvalue weighted by molar-refractivity contribution is -0.125. The normalized spacial score (nSPS) is 27.8. The van der Waals surface area contributed by atoms with E-state index in [-0.39, 0.29) is 11.9 Å². The number of nitrogens with zero attached hydrogens (tertiary/aromatic N) is 2. The van der Waals surface area contributed by atoms with Crippen LogP contribution in [0.3, 0.4) is 0 Å². The van der Waals surface area contributed by atoms with Crippen molar-refractivity contribution in [3.8, 4) is 0 Å². The van der Waals surface area contributed by atoms with E-state index in [1.807, 2.05) is 0 Å². The molecule has 1 atom stereocenters. The molecule has 2 rings (SSSR count). The van der Waals surface area contributed by atoms with Crippen molar-refractivity contribution in [2.24, 2.45) is 5.73 Å². The Hall–Kier alpha value is -0.690. The maximum absolute atomic E-state index is 11.8. The van der Waals surface area contributed by atoms with Gasteiger partial charge in [-0.05, 0) is 6.42 Å². The predicted molar refractivity (Wildman–Crippen MR) is 69.3 cm³/mol. The second kappa shape index (κ2) is 7.04. The average molecular weight is 256 g/mol. The van der Waals surface area contributed by atoms with Gasteiger partial charge in [-0.15, -0.1) is 0 Å². The van der Waals surface area contributed by atoms with Gasteiger partial charge in [-0.1, -0.05) is 0 Å². The number of nitrogens with two attached hydrogens (primary N) is 1. The summed E-state index contributed by atoms with van der Waals surface area (Å²) in [7, 11) is 0. The van der Waals surface area contributed by atoms with E-state index in [0.29, 0.717) is 6.54 Å². The number of carbonyl (C=O) groups excluding carboxylic acids is 1. The van der Waals surface area contributed by atoms with Gasteiger partial charge in [-0.25, -0.2) is 0 Å². The molecule has 0 bridgehead atoms. The summed E-state index contributed by atoms with van der Waals surface area (Å²) in [6.45, 7) is 7.65. The van der Waals surface area contributed by atoms with Crippen LogP contribution in [0.1, 0.15) is 6.42 Å². The highest BCUT2D eigenvalue weighted by Crippen LogP contribution is 2.05. The van der Waals surface area contributed by atoms with Crippen molar-refractivity contribution in [3.05, 3.63) is 0 Å². The second-order valence-corrected chi connectivity index (χ2v) is 4.89. The van der Waals surface area contributed by atoms with Crippen LogP contribution in [0, 0.1) is 0 Å². The summed E-state index contributed by atoms with van der Waals surface area (Å²) < 4.78 is 5.33. The highest BCUT2D eigenvalue weighted by Gasteiger charge is 2.26. The minimum Gasteiger partial charge on any atom is -0.379 e. The van der Waals surface area contributed by atoms with E-state index in [1.54, 1.807) is 0 Å². The molecule has 0 radical (unpaired) electrons. The molecule has 0 aromatic rings. The summed E-state index contributed by atoms with van der Waals surface area (Å²) in [6.07, 6.45) is 1.01. The zero-order valence-corrected chi connectivity index (χ0v) is 10.9. The van der Waals surface area contributed by atoms with E-state index < -0.39 is 0 Å². The van der Waals surface area contributed by atoms with Gasteiger partial charge in [0.1, 0.15) is 6.04 Å². The monoisotopic (exact) mass is 256 g/mol. The molecule has 104 valence electrons. The molecule has 0 aliphatic carbocycles. The number of morpholine rings is 1. The highest BCUT2D eigenvalue weighted by molar-refractivity contribution is 5.82. The Labute approximate surface area is 108 Å². The van der Waals surface area contributed by atoms with Gasteiger partial charge in [0, 0.05) is 45.8 Å². The van der Waals surface area contributed by atoms with E-state index in [0.717, 1.165) is 58.9 Å². The molecule has 6 heteroatoms. The van der Waals surface area contributed by atoms with Gasteiger partial charge < -0.3 is 15.8 Å². The van der Waals surface area contributed by atoms with Crippen LogP contribution in [0.2, 0.25) is 0 Å². The molecule has 2 heterocycles. The third kappa shape index (κ3) is 3.65. The van der Waals surface area contributed by atoms with Gasteiger partial charge >= 0.3 is 0 Å². The van der Waals surface area contributed by atoms with Gasteiger partial charge in [0.25, 0.3) is 0 Å². The Bertz CT molecular complexity index is 269. The molecule has 0 aromatic carbocycles. The van der Waals surface area contributed by atoms with Gasteiger partial charge in [-0.2, -0.15) is 0 Å². The minimum atomic E-state index is -0.159. The maximum atomic E-state index is 11.8. The number of carbonyl (C=O) groups is 1. The van der Waals surface area contributed by atoms with E-state index in [1.165, 1.54) is 0 Å². The molecule has 0 aromatic heterocycles. The van der Waals surface area contributed by atoms with Crippen molar-refractivity contribution in [2.45, 2.75) is 12.5 Å². The first-order chi connectivity index (χ1) is 8.81. The standard InChI is InChI=1S/C12H24N4O2/c13-10-11-12(17)14-2-1-3-16(11)5-4-15-6-8-18-9-7-15/h11H,1-10,13H2,(H,14,17). The summed E-state index contributed by atoms with van der Waals surface area (Å²) in [6, 6.07) is -0.159. The van der Waals surface area contributed by atoms with Crippen LogP contribution in [0.4, 0.5) is 0 Å². The molecule has 6 nitrogen and oxygen atoms in total. The van der Waals surface area contributed by atoms with Crippen LogP contribution in [-0.4, -0.2) is 80.8 Å². The molecular weight excluding hydrogens is 232 g/mol. The summed E-state index contributed by atoms with van der Waals surface area (Å²) in [5, 5.41) is 2.92. The van der Waals surface area contributed by atoms with Crippen LogP contribution in [-0.2, 0) is 9.53 Å². The fourth-order valence-electron chi connectivity index (χ4n) is 2.55. The minimum absolute atomic E-state index is 0.0805. The highest BCUT2D eigenvalue weighted by atomic mass is 16.5. The first-order valence-corrected chi connectivity index (χ1v) is 6.83. The lowest BCUT2D eigenvalue weighted by Gasteiger charge is -2.32. The maximum Gasteiger partial charge on any atom is 0.238 e. The van der Waals surface area contributed by atoms with Gasteiger partial charge in [-0.3, -0.25) is 14.6 Å². The molecule has 18 heavy (non-hydrogen) atoms. The Morgan fingerprint density at radius 3 is 2.78 bits per heavy atom. The van der Waals surface area contributed by atoms with E-state index in [9.17, 15) is 4.79 Å². The average Bonchev–Trinajstić information content (AvgIpc) is 2.59. The van der Waals surface area contributed by atoms with Crippen LogP contribution >= 0.6 is 0 Å². The summed E-state index contributed by atoms with van der Waals surface area (Å²) in [5.41, 5.74) is 5.73. The molecule has 2 aliphatic rings. The van der Waals surface area contributed by atoms with Gasteiger partial charge in [0.2, 0.25) is 5.91 Å². The fraction of sp³-hybridized carbons (Fsp3) is 0.917. The van der Waals surface area contributed by atoms with Crippen LogP contribution in [0.15, 0.2) is 0 Å². The van der Waals surface area contributed by atoms with Crippen LogP contribution in [0.5, 0.6) is 0 Å².